The van der Waals surface area contributed by atoms with E-state index in [2.05, 4.69) is 20.3 Å². The molecule has 0 aliphatic heterocycles. The smallest absolute Gasteiger partial charge is 0.249 e. The number of aromatic nitrogens is 3. The van der Waals surface area contributed by atoms with Crippen LogP contribution in [-0.4, -0.2) is 30.4 Å². The van der Waals surface area contributed by atoms with E-state index < -0.39 is 15.8 Å². The normalized spacial score (nSPS) is 11.2. The fourth-order valence-electron chi connectivity index (χ4n) is 2.14. The summed E-state index contributed by atoms with van der Waals surface area (Å²) in [5, 5.41) is 2.79. The predicted octanol–water partition coefficient (Wildman–Crippen LogP) is 2.65. The van der Waals surface area contributed by atoms with E-state index in [4.69, 9.17) is 0 Å². The number of hydrogen-bond donors (Lipinski definition) is 2. The summed E-state index contributed by atoms with van der Waals surface area (Å²) >= 11 is 1.09. The number of aromatic amines is 1. The van der Waals surface area contributed by atoms with Gasteiger partial charge in [0, 0.05) is 41.1 Å². The molecule has 0 unspecified atom stereocenters. The highest BCUT2D eigenvalue weighted by atomic mass is 35.5. The molecule has 0 saturated carbocycles. The second-order valence-corrected chi connectivity index (χ2v) is 7.88. The molecule has 0 aliphatic carbocycles. The number of thiophene rings is 1. The van der Waals surface area contributed by atoms with E-state index in [1.807, 2.05) is 0 Å². The van der Waals surface area contributed by atoms with Crippen LogP contribution < -0.4 is 5.32 Å². The van der Waals surface area contributed by atoms with E-state index in [-0.39, 0.29) is 27.3 Å². The first kappa shape index (κ1) is 18.5. The first-order valence-corrected chi connectivity index (χ1v) is 8.96. The Labute approximate surface area is 148 Å². The fraction of sp³-hybridized carbons (Fsp3) is 0.143. The Hall–Kier alpha value is -1.81. The minimum Gasteiger partial charge on any atom is -0.335 e. The van der Waals surface area contributed by atoms with Gasteiger partial charge in [-0.2, -0.15) is 4.39 Å². The molecular weight excluding hydrogens is 375 g/mol. The van der Waals surface area contributed by atoms with Crippen LogP contribution in [0, 0.1) is 5.95 Å². The maximum atomic E-state index is 14.0. The van der Waals surface area contributed by atoms with Crippen molar-refractivity contribution in [2.45, 2.75) is 15.9 Å². The van der Waals surface area contributed by atoms with Gasteiger partial charge in [-0.3, -0.25) is 0 Å². The van der Waals surface area contributed by atoms with E-state index in [1.54, 1.807) is 19.2 Å². The summed E-state index contributed by atoms with van der Waals surface area (Å²) < 4.78 is 39.6. The molecule has 6 nitrogen and oxygen atoms in total. The van der Waals surface area contributed by atoms with Crippen LogP contribution in [-0.2, 0) is 16.4 Å². The molecule has 3 rings (SSSR count). The standard InChI is InChI=1S/C14H13FN4O2S2.ClH/c1-16-8-9-7-11(10-3-2-4-17-12(10)15)13(22-9)23(20,21)14-18-5-6-19-14;/h2-7,16H,8H2,1H3,(H,18,19);1H. The average Bonchev–Trinajstić information content (AvgIpc) is 3.18. The molecule has 0 spiro atoms. The minimum absolute atomic E-state index is 0. The molecule has 3 heterocycles. The van der Waals surface area contributed by atoms with Crippen molar-refractivity contribution in [1.82, 2.24) is 20.3 Å². The number of imidazole rings is 1. The van der Waals surface area contributed by atoms with Crippen molar-refractivity contribution < 1.29 is 12.8 Å². The van der Waals surface area contributed by atoms with Gasteiger partial charge in [0.15, 0.2) is 0 Å². The lowest BCUT2D eigenvalue weighted by Crippen LogP contribution is -2.04. The van der Waals surface area contributed by atoms with Gasteiger partial charge in [-0.1, -0.05) is 0 Å². The Morgan fingerprint density at radius 3 is 2.71 bits per heavy atom. The van der Waals surface area contributed by atoms with E-state index in [0.29, 0.717) is 12.1 Å². The van der Waals surface area contributed by atoms with Crippen LogP contribution in [0.2, 0.25) is 0 Å². The van der Waals surface area contributed by atoms with Crippen LogP contribution in [0.1, 0.15) is 4.88 Å². The molecule has 0 fully saturated rings. The van der Waals surface area contributed by atoms with Crippen molar-refractivity contribution in [3.05, 3.63) is 47.6 Å². The van der Waals surface area contributed by atoms with Gasteiger partial charge in [0.05, 0.1) is 0 Å². The van der Waals surface area contributed by atoms with Gasteiger partial charge in [-0.25, -0.2) is 18.4 Å². The Morgan fingerprint density at radius 2 is 2.08 bits per heavy atom. The number of H-pyrrole nitrogens is 1. The monoisotopic (exact) mass is 388 g/mol. The number of pyridine rings is 1. The number of rotatable bonds is 5. The quantitative estimate of drug-likeness (QED) is 0.656. The van der Waals surface area contributed by atoms with Gasteiger partial charge in [-0.15, -0.1) is 23.7 Å². The molecule has 10 heteroatoms. The van der Waals surface area contributed by atoms with E-state index in [1.165, 1.54) is 24.7 Å². The summed E-state index contributed by atoms with van der Waals surface area (Å²) in [7, 11) is -2.10. The number of sulfone groups is 1. The fourth-order valence-corrected chi connectivity index (χ4v) is 5.11. The average molecular weight is 389 g/mol. The maximum absolute atomic E-state index is 14.0. The predicted molar refractivity (Wildman–Crippen MR) is 91.6 cm³/mol. The van der Waals surface area contributed by atoms with Gasteiger partial charge < -0.3 is 10.3 Å². The summed E-state index contributed by atoms with van der Waals surface area (Å²) in [5.74, 6) is -0.711. The van der Waals surface area contributed by atoms with Crippen LogP contribution in [0.5, 0.6) is 0 Å². The highest BCUT2D eigenvalue weighted by Gasteiger charge is 2.28. The van der Waals surface area contributed by atoms with Gasteiger partial charge in [0.1, 0.15) is 4.21 Å². The Bertz CT molecular complexity index is 926. The van der Waals surface area contributed by atoms with Crippen molar-refractivity contribution in [2.75, 3.05) is 7.05 Å². The zero-order chi connectivity index (χ0) is 16.4. The minimum atomic E-state index is -3.86. The first-order chi connectivity index (χ1) is 11.0. The number of halogens is 2. The second kappa shape index (κ2) is 7.39. The second-order valence-electron chi connectivity index (χ2n) is 4.68. The molecule has 0 radical (unpaired) electrons. The van der Waals surface area contributed by atoms with Gasteiger partial charge in [0.2, 0.25) is 20.9 Å². The topological polar surface area (TPSA) is 87.7 Å². The molecule has 3 aromatic heterocycles. The molecular formula is C14H14ClFN4O2S2. The van der Waals surface area contributed by atoms with Crippen molar-refractivity contribution in [1.29, 1.82) is 0 Å². The largest absolute Gasteiger partial charge is 0.335 e. The summed E-state index contributed by atoms with van der Waals surface area (Å²) in [6.07, 6.45) is 4.11. The number of nitrogens with one attached hydrogen (secondary N) is 2. The summed E-state index contributed by atoms with van der Waals surface area (Å²) in [5.41, 5.74) is 0.443. The molecule has 0 saturated heterocycles. The Morgan fingerprint density at radius 1 is 1.29 bits per heavy atom. The highest BCUT2D eigenvalue weighted by molar-refractivity contribution is 7.93. The Balaban J connectivity index is 0.00000208. The third-order valence-electron chi connectivity index (χ3n) is 3.12. The molecule has 128 valence electrons. The van der Waals surface area contributed by atoms with Gasteiger partial charge in [0.25, 0.3) is 0 Å². The van der Waals surface area contributed by atoms with E-state index in [0.717, 1.165) is 16.2 Å². The third-order valence-corrected chi connectivity index (χ3v) is 6.40. The summed E-state index contributed by atoms with van der Waals surface area (Å²) in [6.45, 7) is 0.479. The lowest BCUT2D eigenvalue weighted by Gasteiger charge is -2.04. The number of nitrogens with zero attached hydrogens (tertiary/aromatic N) is 2. The van der Waals surface area contributed by atoms with Crippen LogP contribution in [0.25, 0.3) is 11.1 Å². The molecule has 0 bridgehead atoms. The van der Waals surface area contributed by atoms with Gasteiger partial charge >= 0.3 is 0 Å². The van der Waals surface area contributed by atoms with Crippen LogP contribution >= 0.6 is 23.7 Å². The molecule has 0 aromatic carbocycles. The van der Waals surface area contributed by atoms with Crippen molar-refractivity contribution in [3.63, 3.8) is 0 Å². The molecule has 3 aromatic rings. The van der Waals surface area contributed by atoms with E-state index >= 15 is 0 Å². The molecule has 2 N–H and O–H groups in total. The third kappa shape index (κ3) is 3.34. The lowest BCUT2D eigenvalue weighted by molar-refractivity contribution is 0.586. The highest BCUT2D eigenvalue weighted by Crippen LogP contribution is 2.38. The van der Waals surface area contributed by atoms with Crippen molar-refractivity contribution >= 4 is 33.6 Å². The SMILES string of the molecule is CNCc1cc(-c2cccnc2F)c(S(=O)(=O)c2ncc[nH]2)s1.Cl. The van der Waals surface area contributed by atoms with Crippen LogP contribution in [0.4, 0.5) is 4.39 Å². The van der Waals surface area contributed by atoms with Crippen LogP contribution in [0.15, 0.2) is 46.2 Å². The van der Waals surface area contributed by atoms with Crippen LogP contribution in [0.3, 0.4) is 0 Å². The zero-order valence-electron chi connectivity index (χ0n) is 12.5. The van der Waals surface area contributed by atoms with E-state index in [9.17, 15) is 12.8 Å². The molecule has 24 heavy (non-hydrogen) atoms. The van der Waals surface area contributed by atoms with Crippen molar-refractivity contribution in [2.24, 2.45) is 0 Å². The molecule has 0 aliphatic rings. The molecule has 0 atom stereocenters. The van der Waals surface area contributed by atoms with Crippen molar-refractivity contribution in [3.8, 4) is 11.1 Å². The molecule has 0 amide bonds. The zero-order valence-corrected chi connectivity index (χ0v) is 14.9. The van der Waals surface area contributed by atoms with Gasteiger partial charge in [-0.05, 0) is 25.2 Å². The maximum Gasteiger partial charge on any atom is 0.249 e. The summed E-state index contributed by atoms with van der Waals surface area (Å²) in [4.78, 5) is 10.8. The number of hydrogen-bond acceptors (Lipinski definition) is 6. The lowest BCUT2D eigenvalue weighted by atomic mass is 10.1. The Kier molecular flexibility index (Phi) is 5.70. The summed E-state index contributed by atoms with van der Waals surface area (Å²) in [6, 6.07) is 4.74. The first-order valence-electron chi connectivity index (χ1n) is 6.66.